The SMILES string of the molecule is CC.CC(CCCCN)C(N)=O. The molecular formula is C9H22N2O. The fourth-order valence-corrected chi connectivity index (χ4v) is 0.737. The Bertz CT molecular complexity index is 105. The zero-order chi connectivity index (χ0) is 9.98. The smallest absolute Gasteiger partial charge is 0.220 e. The maximum absolute atomic E-state index is 10.5. The van der Waals surface area contributed by atoms with Gasteiger partial charge in [0.05, 0.1) is 0 Å². The largest absolute Gasteiger partial charge is 0.369 e. The molecule has 0 aliphatic carbocycles. The van der Waals surface area contributed by atoms with E-state index in [4.69, 9.17) is 11.5 Å². The first-order chi connectivity index (χ1) is 5.68. The molecule has 0 heterocycles. The summed E-state index contributed by atoms with van der Waals surface area (Å²) < 4.78 is 0. The van der Waals surface area contributed by atoms with Gasteiger partial charge in [0.25, 0.3) is 0 Å². The summed E-state index contributed by atoms with van der Waals surface area (Å²) in [5.41, 5.74) is 10.3. The van der Waals surface area contributed by atoms with Crippen LogP contribution < -0.4 is 11.5 Å². The molecule has 0 aromatic carbocycles. The van der Waals surface area contributed by atoms with Gasteiger partial charge in [-0.25, -0.2) is 0 Å². The van der Waals surface area contributed by atoms with Gasteiger partial charge in [-0.15, -0.1) is 0 Å². The summed E-state index contributed by atoms with van der Waals surface area (Å²) in [6, 6.07) is 0. The highest BCUT2D eigenvalue weighted by atomic mass is 16.1. The first kappa shape index (κ1) is 14.0. The Kier molecular flexibility index (Phi) is 12.2. The van der Waals surface area contributed by atoms with Crippen LogP contribution in [0.15, 0.2) is 0 Å². The number of unbranched alkanes of at least 4 members (excludes halogenated alkanes) is 1. The summed E-state index contributed by atoms with van der Waals surface area (Å²) in [5, 5.41) is 0. The molecule has 4 N–H and O–H groups in total. The highest BCUT2D eigenvalue weighted by Crippen LogP contribution is 2.05. The van der Waals surface area contributed by atoms with Gasteiger partial charge in [0, 0.05) is 5.92 Å². The molecule has 0 fully saturated rings. The van der Waals surface area contributed by atoms with Gasteiger partial charge in [0.1, 0.15) is 0 Å². The molecule has 0 aromatic heterocycles. The van der Waals surface area contributed by atoms with Crippen LogP contribution in [0.5, 0.6) is 0 Å². The van der Waals surface area contributed by atoms with Crippen LogP contribution in [0.3, 0.4) is 0 Å². The lowest BCUT2D eigenvalue weighted by Gasteiger charge is -2.04. The van der Waals surface area contributed by atoms with Crippen LogP contribution in [0, 0.1) is 5.92 Å². The summed E-state index contributed by atoms with van der Waals surface area (Å²) in [7, 11) is 0. The van der Waals surface area contributed by atoms with Crippen LogP contribution in [-0.4, -0.2) is 12.5 Å². The quantitative estimate of drug-likeness (QED) is 0.616. The lowest BCUT2D eigenvalue weighted by Crippen LogP contribution is -2.20. The molecule has 0 spiro atoms. The van der Waals surface area contributed by atoms with Crippen molar-refractivity contribution < 1.29 is 4.79 Å². The molecule has 74 valence electrons. The minimum Gasteiger partial charge on any atom is -0.369 e. The van der Waals surface area contributed by atoms with Gasteiger partial charge >= 0.3 is 0 Å². The number of hydrogen-bond acceptors (Lipinski definition) is 2. The molecule has 0 aliphatic heterocycles. The zero-order valence-corrected chi connectivity index (χ0v) is 8.47. The first-order valence-electron chi connectivity index (χ1n) is 4.68. The third kappa shape index (κ3) is 9.43. The predicted molar refractivity (Wildman–Crippen MR) is 52.6 cm³/mol. The van der Waals surface area contributed by atoms with E-state index in [0.717, 1.165) is 19.3 Å². The minimum absolute atomic E-state index is 0.00606. The monoisotopic (exact) mass is 174 g/mol. The Labute approximate surface area is 75.5 Å². The molecule has 0 saturated carbocycles. The topological polar surface area (TPSA) is 69.1 Å². The van der Waals surface area contributed by atoms with E-state index in [9.17, 15) is 4.79 Å². The summed E-state index contributed by atoms with van der Waals surface area (Å²) >= 11 is 0. The van der Waals surface area contributed by atoms with Crippen molar-refractivity contribution in [1.82, 2.24) is 0 Å². The zero-order valence-electron chi connectivity index (χ0n) is 8.47. The van der Waals surface area contributed by atoms with Crippen LogP contribution in [-0.2, 0) is 4.79 Å². The van der Waals surface area contributed by atoms with Crippen molar-refractivity contribution in [2.75, 3.05) is 6.54 Å². The average molecular weight is 174 g/mol. The second-order valence-corrected chi connectivity index (χ2v) is 2.59. The molecule has 0 aliphatic rings. The highest BCUT2D eigenvalue weighted by Gasteiger charge is 2.06. The third-order valence-electron chi connectivity index (χ3n) is 1.58. The van der Waals surface area contributed by atoms with Crippen molar-refractivity contribution in [3.8, 4) is 0 Å². The maximum Gasteiger partial charge on any atom is 0.220 e. The molecular weight excluding hydrogens is 152 g/mol. The maximum atomic E-state index is 10.5. The van der Waals surface area contributed by atoms with E-state index < -0.39 is 0 Å². The number of rotatable bonds is 5. The number of primary amides is 1. The van der Waals surface area contributed by atoms with Crippen molar-refractivity contribution in [2.45, 2.75) is 40.0 Å². The van der Waals surface area contributed by atoms with Gasteiger partial charge in [-0.05, 0) is 19.4 Å². The number of amides is 1. The fourth-order valence-electron chi connectivity index (χ4n) is 0.737. The predicted octanol–water partition coefficient (Wildman–Crippen LogP) is 1.26. The van der Waals surface area contributed by atoms with Crippen molar-refractivity contribution in [1.29, 1.82) is 0 Å². The van der Waals surface area contributed by atoms with E-state index in [1.807, 2.05) is 20.8 Å². The average Bonchev–Trinajstić information content (AvgIpc) is 2.08. The highest BCUT2D eigenvalue weighted by molar-refractivity contribution is 5.76. The normalized spacial score (nSPS) is 11.3. The van der Waals surface area contributed by atoms with Crippen molar-refractivity contribution in [3.05, 3.63) is 0 Å². The molecule has 1 atom stereocenters. The molecule has 3 nitrogen and oxygen atoms in total. The third-order valence-corrected chi connectivity index (χ3v) is 1.58. The molecule has 1 amide bonds. The molecule has 0 bridgehead atoms. The van der Waals surface area contributed by atoms with Crippen LogP contribution in [0.25, 0.3) is 0 Å². The van der Waals surface area contributed by atoms with E-state index >= 15 is 0 Å². The van der Waals surface area contributed by atoms with Gasteiger partial charge in [0.15, 0.2) is 0 Å². The summed E-state index contributed by atoms with van der Waals surface area (Å²) in [6.07, 6.45) is 2.85. The van der Waals surface area contributed by atoms with E-state index in [0.29, 0.717) is 6.54 Å². The molecule has 0 rings (SSSR count). The molecule has 0 saturated heterocycles. The van der Waals surface area contributed by atoms with Gasteiger partial charge in [-0.1, -0.05) is 27.2 Å². The lowest BCUT2D eigenvalue weighted by atomic mass is 10.0. The summed E-state index contributed by atoms with van der Waals surface area (Å²) in [6.45, 7) is 6.55. The Morgan fingerprint density at radius 3 is 2.17 bits per heavy atom. The van der Waals surface area contributed by atoms with Crippen molar-refractivity contribution >= 4 is 5.91 Å². The number of nitrogens with two attached hydrogens (primary N) is 2. The molecule has 3 heteroatoms. The molecule has 0 aromatic rings. The number of carbonyl (C=O) groups is 1. The van der Waals surface area contributed by atoms with Gasteiger partial charge in [0.2, 0.25) is 5.91 Å². The van der Waals surface area contributed by atoms with Gasteiger partial charge in [-0.2, -0.15) is 0 Å². The van der Waals surface area contributed by atoms with E-state index in [1.165, 1.54) is 0 Å². The number of hydrogen-bond donors (Lipinski definition) is 2. The van der Waals surface area contributed by atoms with Crippen molar-refractivity contribution in [3.63, 3.8) is 0 Å². The first-order valence-corrected chi connectivity index (χ1v) is 4.68. The molecule has 12 heavy (non-hydrogen) atoms. The van der Waals surface area contributed by atoms with Gasteiger partial charge in [-0.3, -0.25) is 4.79 Å². The van der Waals surface area contributed by atoms with Crippen LogP contribution in [0.1, 0.15) is 40.0 Å². The molecule has 1 unspecified atom stereocenters. The standard InChI is InChI=1S/C7H16N2O.C2H6/c1-6(7(9)10)4-2-3-5-8;1-2/h6H,2-5,8H2,1H3,(H2,9,10);1-2H3. The van der Waals surface area contributed by atoms with E-state index in [-0.39, 0.29) is 11.8 Å². The van der Waals surface area contributed by atoms with Crippen LogP contribution >= 0.6 is 0 Å². The van der Waals surface area contributed by atoms with E-state index in [1.54, 1.807) is 0 Å². The second kappa shape index (κ2) is 10.4. The fraction of sp³-hybridized carbons (Fsp3) is 0.889. The van der Waals surface area contributed by atoms with Crippen LogP contribution in [0.4, 0.5) is 0 Å². The Morgan fingerprint density at radius 2 is 1.83 bits per heavy atom. The summed E-state index contributed by atoms with van der Waals surface area (Å²) in [4.78, 5) is 10.5. The minimum atomic E-state index is -0.211. The van der Waals surface area contributed by atoms with Crippen molar-refractivity contribution in [2.24, 2.45) is 17.4 Å². The molecule has 0 radical (unpaired) electrons. The number of carbonyl (C=O) groups excluding carboxylic acids is 1. The Morgan fingerprint density at radius 1 is 1.33 bits per heavy atom. The Balaban J connectivity index is 0. The van der Waals surface area contributed by atoms with Gasteiger partial charge < -0.3 is 11.5 Å². The Hall–Kier alpha value is -0.570. The summed E-state index contributed by atoms with van der Waals surface area (Å²) in [5.74, 6) is -0.205. The second-order valence-electron chi connectivity index (χ2n) is 2.59. The van der Waals surface area contributed by atoms with Crippen LogP contribution in [0.2, 0.25) is 0 Å². The van der Waals surface area contributed by atoms with E-state index in [2.05, 4.69) is 0 Å². The lowest BCUT2D eigenvalue weighted by molar-refractivity contribution is -0.121.